The van der Waals surface area contributed by atoms with Gasteiger partial charge in [-0.05, 0) is 40.2 Å². The molecule has 0 heterocycles. The molecule has 0 fully saturated rings. The van der Waals surface area contributed by atoms with Crippen LogP contribution in [0.1, 0.15) is 0 Å². The van der Waals surface area contributed by atoms with Crippen LogP contribution in [0.15, 0.2) is 50.2 Å². The highest BCUT2D eigenvalue weighted by Crippen LogP contribution is 2.35. The summed E-state index contributed by atoms with van der Waals surface area (Å²) in [6.45, 7) is 0. The van der Waals surface area contributed by atoms with Gasteiger partial charge in [-0.15, -0.1) is 0 Å². The number of nitrogen functional groups attached to an aromatic ring is 1. The maximum absolute atomic E-state index is 12.7. The number of halogens is 2. The molecule has 0 atom stereocenters. The average molecular weight is 436 g/mol. The van der Waals surface area contributed by atoms with Gasteiger partial charge >= 0.3 is 0 Å². The summed E-state index contributed by atoms with van der Waals surface area (Å²) in [5.41, 5.74) is 6.30. The molecule has 2 rings (SSSR count). The van der Waals surface area contributed by atoms with Crippen molar-refractivity contribution in [3.8, 4) is 5.75 Å². The van der Waals surface area contributed by atoms with Gasteiger partial charge in [-0.2, -0.15) is 0 Å². The van der Waals surface area contributed by atoms with Crippen molar-refractivity contribution >= 4 is 53.3 Å². The minimum Gasteiger partial charge on any atom is -0.508 e. The zero-order valence-corrected chi connectivity index (χ0v) is 14.9. The number of rotatable bonds is 3. The highest BCUT2D eigenvalue weighted by molar-refractivity contribution is 9.11. The molecule has 0 aliphatic carbocycles. The van der Waals surface area contributed by atoms with E-state index in [2.05, 4.69) is 31.9 Å². The minimum absolute atomic E-state index is 0.0163. The molecule has 8 heteroatoms. The summed E-state index contributed by atoms with van der Waals surface area (Å²) in [4.78, 5) is -0.0171. The molecule has 112 valence electrons. The maximum atomic E-state index is 12.7. The summed E-state index contributed by atoms with van der Waals surface area (Å²) >= 11 is 6.48. The molecular formula is C13H12Br2N2O3S. The van der Waals surface area contributed by atoms with Gasteiger partial charge < -0.3 is 10.8 Å². The second-order valence-corrected chi connectivity index (χ2v) is 7.97. The number of aromatic hydroxyl groups is 1. The molecule has 0 aliphatic heterocycles. The standard InChI is InChI=1S/C13H12Br2N2O3S/c1-17(9-3-2-4-10(18)7-9)21(19,20)13-11(15)5-8(14)6-12(13)16/h2-7,18H,16H2,1H3. The van der Waals surface area contributed by atoms with Crippen molar-refractivity contribution in [3.05, 3.63) is 45.3 Å². The number of hydrogen-bond donors (Lipinski definition) is 2. The molecule has 2 aromatic carbocycles. The van der Waals surface area contributed by atoms with Crippen molar-refractivity contribution < 1.29 is 13.5 Å². The van der Waals surface area contributed by atoms with Gasteiger partial charge in [0, 0.05) is 22.1 Å². The molecule has 0 unspecified atom stereocenters. The van der Waals surface area contributed by atoms with E-state index >= 15 is 0 Å². The number of anilines is 2. The summed E-state index contributed by atoms with van der Waals surface area (Å²) in [5, 5.41) is 9.48. The zero-order valence-electron chi connectivity index (χ0n) is 10.9. The Labute approximate surface area is 139 Å². The minimum atomic E-state index is -3.86. The number of nitrogens with two attached hydrogens (primary N) is 1. The predicted octanol–water partition coefficient (Wildman–Crippen LogP) is 3.32. The van der Waals surface area contributed by atoms with Crippen molar-refractivity contribution in [3.63, 3.8) is 0 Å². The SMILES string of the molecule is CN(c1cccc(O)c1)S(=O)(=O)c1c(N)cc(Br)cc1Br. The monoisotopic (exact) mass is 434 g/mol. The molecule has 0 radical (unpaired) electrons. The fourth-order valence-electron chi connectivity index (χ4n) is 1.82. The van der Waals surface area contributed by atoms with Crippen LogP contribution in [0.2, 0.25) is 0 Å². The molecule has 0 aromatic heterocycles. The van der Waals surface area contributed by atoms with E-state index in [4.69, 9.17) is 5.73 Å². The number of sulfonamides is 1. The van der Waals surface area contributed by atoms with Crippen molar-refractivity contribution in [2.24, 2.45) is 0 Å². The van der Waals surface area contributed by atoms with E-state index in [0.29, 0.717) is 14.6 Å². The highest BCUT2D eigenvalue weighted by atomic mass is 79.9. The largest absolute Gasteiger partial charge is 0.508 e. The van der Waals surface area contributed by atoms with Gasteiger partial charge in [0.05, 0.1) is 11.4 Å². The molecule has 0 aliphatic rings. The van der Waals surface area contributed by atoms with E-state index in [1.807, 2.05) is 0 Å². The smallest absolute Gasteiger partial charge is 0.267 e. The molecule has 21 heavy (non-hydrogen) atoms. The lowest BCUT2D eigenvalue weighted by molar-refractivity contribution is 0.475. The van der Waals surface area contributed by atoms with E-state index in [9.17, 15) is 13.5 Å². The van der Waals surface area contributed by atoms with Gasteiger partial charge in [-0.3, -0.25) is 4.31 Å². The fourth-order valence-corrected chi connectivity index (χ4v) is 5.02. The second kappa shape index (κ2) is 5.86. The molecule has 0 bridgehead atoms. The van der Waals surface area contributed by atoms with Crippen molar-refractivity contribution in [2.75, 3.05) is 17.1 Å². The Kier molecular flexibility index (Phi) is 4.50. The maximum Gasteiger partial charge on any atom is 0.267 e. The van der Waals surface area contributed by atoms with E-state index < -0.39 is 10.0 Å². The molecule has 2 aromatic rings. The number of phenolic OH excluding ortho intramolecular Hbond substituents is 1. The molecule has 0 saturated heterocycles. The summed E-state index contributed by atoms with van der Waals surface area (Å²) in [6.07, 6.45) is 0. The Bertz CT molecular complexity index is 771. The molecule has 0 amide bonds. The fraction of sp³-hybridized carbons (Fsp3) is 0.0769. The lowest BCUT2D eigenvalue weighted by atomic mass is 10.3. The molecule has 5 nitrogen and oxygen atoms in total. The van der Waals surface area contributed by atoms with Gasteiger partial charge in [-0.25, -0.2) is 8.42 Å². The summed E-state index contributed by atoms with van der Waals surface area (Å²) in [5.74, 6) is -0.0163. The first-order valence-electron chi connectivity index (χ1n) is 5.76. The van der Waals surface area contributed by atoms with E-state index in [0.717, 1.165) is 4.31 Å². The van der Waals surface area contributed by atoms with Gasteiger partial charge in [0.15, 0.2) is 0 Å². The van der Waals surface area contributed by atoms with Crippen LogP contribution in [0.5, 0.6) is 5.75 Å². The first-order chi connectivity index (χ1) is 9.73. The van der Waals surface area contributed by atoms with E-state index in [1.165, 1.54) is 25.2 Å². The first kappa shape index (κ1) is 16.1. The third-order valence-corrected chi connectivity index (χ3v) is 6.10. The van der Waals surface area contributed by atoms with Crippen molar-refractivity contribution in [2.45, 2.75) is 4.90 Å². The zero-order chi connectivity index (χ0) is 15.8. The highest BCUT2D eigenvalue weighted by Gasteiger charge is 2.27. The van der Waals surface area contributed by atoms with Crippen LogP contribution in [-0.2, 0) is 10.0 Å². The molecule has 0 spiro atoms. The normalized spacial score (nSPS) is 11.4. The topological polar surface area (TPSA) is 83.6 Å². The molecule has 0 saturated carbocycles. The lowest BCUT2D eigenvalue weighted by Gasteiger charge is -2.21. The molecule has 3 N–H and O–H groups in total. The molecular weight excluding hydrogens is 424 g/mol. The van der Waals surface area contributed by atoms with Gasteiger partial charge in [0.2, 0.25) is 0 Å². The van der Waals surface area contributed by atoms with Crippen molar-refractivity contribution in [1.82, 2.24) is 0 Å². The quantitative estimate of drug-likeness (QED) is 0.724. The van der Waals surface area contributed by atoms with Crippen LogP contribution in [-0.4, -0.2) is 20.6 Å². The lowest BCUT2D eigenvalue weighted by Crippen LogP contribution is -2.27. The second-order valence-electron chi connectivity index (χ2n) is 4.30. The third kappa shape index (κ3) is 3.17. The first-order valence-corrected chi connectivity index (χ1v) is 8.78. The Morgan fingerprint density at radius 3 is 2.43 bits per heavy atom. The van der Waals surface area contributed by atoms with Crippen molar-refractivity contribution in [1.29, 1.82) is 0 Å². The number of nitrogens with zero attached hydrogens (tertiary/aromatic N) is 1. The summed E-state index contributed by atoms with van der Waals surface area (Å²) < 4.78 is 27.5. The Morgan fingerprint density at radius 2 is 1.86 bits per heavy atom. The number of hydrogen-bond acceptors (Lipinski definition) is 4. The third-order valence-electron chi connectivity index (χ3n) is 2.85. The Morgan fingerprint density at radius 1 is 1.19 bits per heavy atom. The number of phenols is 1. The van der Waals surface area contributed by atoms with Gasteiger partial charge in [0.1, 0.15) is 10.6 Å². The average Bonchev–Trinajstić information content (AvgIpc) is 2.36. The van der Waals surface area contributed by atoms with Crippen LogP contribution in [0.25, 0.3) is 0 Å². The number of benzene rings is 2. The summed E-state index contributed by atoms with van der Waals surface area (Å²) in [7, 11) is -2.46. The van der Waals surface area contributed by atoms with Crippen LogP contribution < -0.4 is 10.0 Å². The summed E-state index contributed by atoms with van der Waals surface area (Å²) in [6, 6.07) is 9.11. The van der Waals surface area contributed by atoms with Crippen LogP contribution >= 0.6 is 31.9 Å². The van der Waals surface area contributed by atoms with E-state index in [-0.39, 0.29) is 16.3 Å². The van der Waals surface area contributed by atoms with E-state index in [1.54, 1.807) is 18.2 Å². The van der Waals surface area contributed by atoms with Gasteiger partial charge in [0.25, 0.3) is 10.0 Å². The van der Waals surface area contributed by atoms with Crippen LogP contribution in [0.4, 0.5) is 11.4 Å². The van der Waals surface area contributed by atoms with Gasteiger partial charge in [-0.1, -0.05) is 22.0 Å². The van der Waals surface area contributed by atoms with Crippen LogP contribution in [0.3, 0.4) is 0 Å². The van der Waals surface area contributed by atoms with Crippen LogP contribution in [0, 0.1) is 0 Å². The Balaban J connectivity index is 2.57. The Hall–Kier alpha value is -1.25. The predicted molar refractivity (Wildman–Crippen MR) is 90.0 cm³/mol.